The molecular formula is C29H29ClF6N8O7. The van der Waals surface area contributed by atoms with Gasteiger partial charge >= 0.3 is 30.3 Å². The van der Waals surface area contributed by atoms with E-state index in [0.717, 1.165) is 28.9 Å². The number of alkyl halides is 6. The predicted octanol–water partition coefficient (Wildman–Crippen LogP) is 4.24. The van der Waals surface area contributed by atoms with Gasteiger partial charge in [-0.1, -0.05) is 11.6 Å². The van der Waals surface area contributed by atoms with Gasteiger partial charge in [-0.3, -0.25) is 9.78 Å². The van der Waals surface area contributed by atoms with Gasteiger partial charge in [0.2, 0.25) is 5.95 Å². The second-order valence-electron chi connectivity index (χ2n) is 10.4. The van der Waals surface area contributed by atoms with Crippen LogP contribution in [0.3, 0.4) is 0 Å². The number of fused-ring (bicyclic) bond motifs is 6. The third-order valence-electron chi connectivity index (χ3n) is 6.77. The summed E-state index contributed by atoms with van der Waals surface area (Å²) in [5.41, 5.74) is 3.53. The number of halogens is 7. The third-order valence-corrected chi connectivity index (χ3v) is 7.05. The first-order valence-corrected chi connectivity index (χ1v) is 14.9. The van der Waals surface area contributed by atoms with E-state index >= 15 is 0 Å². The molecule has 1 aromatic carbocycles. The van der Waals surface area contributed by atoms with Crippen molar-refractivity contribution in [2.24, 2.45) is 0 Å². The fraction of sp³-hybridized carbons (Fsp3) is 0.345. The van der Waals surface area contributed by atoms with Crippen LogP contribution in [0.1, 0.15) is 11.1 Å². The Kier molecular flexibility index (Phi) is 13.6. The number of nitrogens with one attached hydrogen (secondary N) is 3. The van der Waals surface area contributed by atoms with Gasteiger partial charge in [-0.15, -0.1) is 0 Å². The summed E-state index contributed by atoms with van der Waals surface area (Å²) in [6.45, 7) is 1.86. The number of pyridine rings is 1. The number of urea groups is 1. The van der Waals surface area contributed by atoms with Crippen molar-refractivity contribution in [3.8, 4) is 5.75 Å². The number of aryl methyl sites for hydroxylation is 2. The zero-order valence-electron chi connectivity index (χ0n) is 26.3. The molecule has 0 radical (unpaired) electrons. The van der Waals surface area contributed by atoms with Crippen LogP contribution in [0.4, 0.5) is 54.3 Å². The number of carbonyl (C=O) groups is 4. The summed E-state index contributed by atoms with van der Waals surface area (Å²) in [6, 6.07) is 7.55. The van der Waals surface area contributed by atoms with E-state index in [0.29, 0.717) is 55.1 Å². The van der Waals surface area contributed by atoms with Gasteiger partial charge in [0.05, 0.1) is 18.1 Å². The van der Waals surface area contributed by atoms with Gasteiger partial charge in [0, 0.05) is 45.1 Å². The zero-order chi connectivity index (χ0) is 37.9. The number of carbonyl (C=O) groups excluding carboxylic acids is 2. The zero-order valence-corrected chi connectivity index (χ0v) is 27.1. The Morgan fingerprint density at radius 1 is 0.882 bits per heavy atom. The Labute approximate surface area is 289 Å². The lowest BCUT2D eigenvalue weighted by Gasteiger charge is -2.34. The van der Waals surface area contributed by atoms with Crippen molar-refractivity contribution in [2.75, 3.05) is 50.5 Å². The molecule has 0 unspecified atom stereocenters. The molecule has 6 bridgehead atoms. The molecule has 0 saturated carbocycles. The monoisotopic (exact) mass is 750 g/mol. The molecule has 15 nitrogen and oxygen atoms in total. The Bertz CT molecular complexity index is 1700. The summed E-state index contributed by atoms with van der Waals surface area (Å²) < 4.78 is 69.5. The number of rotatable bonds is 3. The highest BCUT2D eigenvalue weighted by Crippen LogP contribution is 2.30. The van der Waals surface area contributed by atoms with Crippen LogP contribution in [0.25, 0.3) is 0 Å². The molecule has 0 atom stereocenters. The van der Waals surface area contributed by atoms with Gasteiger partial charge in [0.15, 0.2) is 12.4 Å². The maximum Gasteiger partial charge on any atom is 0.490 e. The summed E-state index contributed by atoms with van der Waals surface area (Å²) in [4.78, 5) is 58.9. The van der Waals surface area contributed by atoms with Gasteiger partial charge in [0.1, 0.15) is 10.8 Å². The van der Waals surface area contributed by atoms with Crippen LogP contribution in [0, 0.1) is 0 Å². The van der Waals surface area contributed by atoms with Crippen molar-refractivity contribution in [1.82, 2.24) is 30.1 Å². The fourth-order valence-electron chi connectivity index (χ4n) is 4.29. The molecule has 3 aromatic rings. The highest BCUT2D eigenvalue weighted by atomic mass is 35.5. The maximum absolute atomic E-state index is 12.8. The lowest BCUT2D eigenvalue weighted by atomic mass is 10.0. The predicted molar refractivity (Wildman–Crippen MR) is 167 cm³/mol. The number of aromatic nitrogens is 3. The van der Waals surface area contributed by atoms with E-state index in [2.05, 4.69) is 30.9 Å². The molecule has 276 valence electrons. The minimum Gasteiger partial charge on any atom is -0.483 e. The van der Waals surface area contributed by atoms with Crippen LogP contribution in [0.2, 0.25) is 5.02 Å². The summed E-state index contributed by atoms with van der Waals surface area (Å²) in [5.74, 6) is -4.12. The van der Waals surface area contributed by atoms with Crippen molar-refractivity contribution in [3.63, 3.8) is 0 Å². The van der Waals surface area contributed by atoms with E-state index in [1.54, 1.807) is 23.0 Å². The minimum absolute atomic E-state index is 0.0815. The number of hydrogen-bond donors (Lipinski definition) is 5. The van der Waals surface area contributed by atoms with E-state index < -0.39 is 24.3 Å². The van der Waals surface area contributed by atoms with Gasteiger partial charge in [-0.05, 0) is 48.2 Å². The lowest BCUT2D eigenvalue weighted by Crippen LogP contribution is -2.53. The van der Waals surface area contributed by atoms with Crippen molar-refractivity contribution < 1.29 is 60.5 Å². The van der Waals surface area contributed by atoms with Crippen LogP contribution in [-0.2, 0) is 27.2 Å². The number of nitrogens with zero attached hydrogens (tertiary/aromatic N) is 5. The molecule has 2 aromatic heterocycles. The molecule has 2 aliphatic heterocycles. The van der Waals surface area contributed by atoms with E-state index in [1.807, 2.05) is 30.5 Å². The molecule has 0 spiro atoms. The first-order valence-electron chi connectivity index (χ1n) is 14.5. The number of amides is 3. The molecule has 22 heteroatoms. The number of aliphatic carboxylic acids is 2. The normalized spacial score (nSPS) is 13.8. The van der Waals surface area contributed by atoms with Crippen LogP contribution >= 0.6 is 11.6 Å². The smallest absolute Gasteiger partial charge is 0.483 e. The minimum atomic E-state index is -5.08. The standard InChI is InChI=1S/C25H27ClN8O3.2C2HF3O2/c1-27-25(36)34-8-6-33(7-9-34)22(35)15-37-21-5-4-18-11-17(21)3-2-16-10-19(13-28-12-16)31-24-29-14-20(26)23(30-18)32-24;2*3-2(4,5)1(6)7/h4-5,10-14H,2-3,6-9,15H2,1H3,(H,27,36)(H2,29,30,31,32);2*(H,6,7). The molecule has 4 heterocycles. The van der Waals surface area contributed by atoms with E-state index in [9.17, 15) is 35.9 Å². The molecule has 1 fully saturated rings. The number of hydrogen-bond acceptors (Lipinski definition) is 10. The summed E-state index contributed by atoms with van der Waals surface area (Å²) in [6.07, 6.45) is -3.70. The van der Waals surface area contributed by atoms with Gasteiger partial charge in [-0.25, -0.2) is 19.4 Å². The summed E-state index contributed by atoms with van der Waals surface area (Å²) >= 11 is 6.34. The average molecular weight is 751 g/mol. The third kappa shape index (κ3) is 12.3. The molecule has 5 rings (SSSR count). The van der Waals surface area contributed by atoms with Gasteiger partial charge < -0.3 is 40.7 Å². The van der Waals surface area contributed by atoms with Crippen molar-refractivity contribution >= 4 is 58.6 Å². The fourth-order valence-corrected chi connectivity index (χ4v) is 4.43. The first-order chi connectivity index (χ1) is 23.9. The summed E-state index contributed by atoms with van der Waals surface area (Å²) in [7, 11) is 1.60. The van der Waals surface area contributed by atoms with Gasteiger partial charge in [-0.2, -0.15) is 31.3 Å². The first kappa shape index (κ1) is 39.8. The molecule has 2 aliphatic rings. The molecule has 0 aliphatic carbocycles. The highest BCUT2D eigenvalue weighted by molar-refractivity contribution is 6.32. The Hall–Kier alpha value is -5.60. The maximum atomic E-state index is 12.8. The second kappa shape index (κ2) is 17.4. The topological polar surface area (TPSA) is 199 Å². The molecule has 3 amide bonds. The number of anilines is 4. The second-order valence-corrected chi connectivity index (χ2v) is 10.8. The number of benzene rings is 1. The molecule has 51 heavy (non-hydrogen) atoms. The van der Waals surface area contributed by atoms with Crippen LogP contribution < -0.4 is 20.7 Å². The SMILES string of the molecule is CNC(=O)N1CCN(C(=O)COc2ccc3cc2CCc2cncc(c2)Nc2ncc(Cl)c(n2)N3)CC1.O=C(O)C(F)(F)F.O=C(O)C(F)(F)F. The Morgan fingerprint density at radius 3 is 2.08 bits per heavy atom. The van der Waals surface area contributed by atoms with E-state index in [-0.39, 0.29) is 18.5 Å². The lowest BCUT2D eigenvalue weighted by molar-refractivity contribution is -0.193. The van der Waals surface area contributed by atoms with E-state index in [1.165, 1.54) is 6.20 Å². The van der Waals surface area contributed by atoms with Crippen LogP contribution in [-0.4, -0.2) is 111 Å². The number of piperazine rings is 1. The van der Waals surface area contributed by atoms with E-state index in [4.69, 9.17) is 36.1 Å². The van der Waals surface area contributed by atoms with Crippen molar-refractivity contribution in [3.05, 3.63) is 59.0 Å². The average Bonchev–Trinajstić information content (AvgIpc) is 3.08. The Balaban J connectivity index is 0.000000424. The molecule has 5 N–H and O–H groups in total. The largest absolute Gasteiger partial charge is 0.490 e. The van der Waals surface area contributed by atoms with Gasteiger partial charge in [0.25, 0.3) is 5.91 Å². The van der Waals surface area contributed by atoms with Crippen molar-refractivity contribution in [2.45, 2.75) is 25.2 Å². The van der Waals surface area contributed by atoms with Crippen LogP contribution in [0.5, 0.6) is 5.75 Å². The number of carboxylic acids is 2. The van der Waals surface area contributed by atoms with Crippen molar-refractivity contribution in [1.29, 1.82) is 0 Å². The summed E-state index contributed by atoms with van der Waals surface area (Å²) in [5, 5.41) is 23.7. The number of ether oxygens (including phenoxy) is 1. The van der Waals surface area contributed by atoms with Crippen LogP contribution in [0.15, 0.2) is 42.9 Å². The quantitative estimate of drug-likeness (QED) is 0.239. The molecular weight excluding hydrogens is 722 g/mol. The number of carboxylic acid groups (broad SMARTS) is 2. The Morgan fingerprint density at radius 2 is 1.49 bits per heavy atom. The highest BCUT2D eigenvalue weighted by Gasteiger charge is 2.39. The molecule has 1 saturated heterocycles.